The van der Waals surface area contributed by atoms with Crippen molar-refractivity contribution in [2.75, 3.05) is 13.1 Å². The second-order valence-corrected chi connectivity index (χ2v) is 8.30. The number of aromatic hydroxyl groups is 1. The number of ether oxygens (including phenoxy) is 1. The topological polar surface area (TPSA) is 41.5 Å². The fourth-order valence-corrected chi connectivity index (χ4v) is 4.52. The van der Waals surface area contributed by atoms with E-state index in [4.69, 9.17) is 4.74 Å². The monoisotopic (exact) mass is 409 g/mol. The molecule has 5 rings (SSSR count). The predicted molar refractivity (Wildman–Crippen MR) is 126 cm³/mol. The molecule has 0 radical (unpaired) electrons. The molecule has 0 amide bonds. The van der Waals surface area contributed by atoms with E-state index in [-0.39, 0.29) is 6.10 Å². The average molecular weight is 410 g/mol. The maximum absolute atomic E-state index is 9.58. The maximum Gasteiger partial charge on any atom is 0.115 e. The summed E-state index contributed by atoms with van der Waals surface area (Å²) in [5.41, 5.74) is 4.81. The Balaban J connectivity index is 1.34. The van der Waals surface area contributed by atoms with E-state index in [9.17, 15) is 5.11 Å². The molecule has 2 atom stereocenters. The van der Waals surface area contributed by atoms with Gasteiger partial charge in [-0.05, 0) is 64.2 Å². The van der Waals surface area contributed by atoms with E-state index < -0.39 is 0 Å². The van der Waals surface area contributed by atoms with Crippen LogP contribution in [0, 0.1) is 0 Å². The number of phenolic OH excluding ortho intramolecular Hbond substituents is 1. The van der Waals surface area contributed by atoms with Gasteiger partial charge >= 0.3 is 0 Å². The lowest BCUT2D eigenvalue weighted by Crippen LogP contribution is -2.41. The molecule has 0 spiro atoms. The molecule has 0 aromatic heterocycles. The van der Waals surface area contributed by atoms with Gasteiger partial charge in [0.05, 0.1) is 12.7 Å². The van der Waals surface area contributed by atoms with Gasteiger partial charge in [0.25, 0.3) is 0 Å². The number of hydrogen-bond donors (Lipinski definition) is 2. The van der Waals surface area contributed by atoms with Crippen molar-refractivity contribution in [3.63, 3.8) is 0 Å². The first kappa shape index (κ1) is 19.8. The van der Waals surface area contributed by atoms with Gasteiger partial charge in [-0.1, -0.05) is 72.8 Å². The van der Waals surface area contributed by atoms with Crippen molar-refractivity contribution in [3.05, 3.63) is 102 Å². The van der Waals surface area contributed by atoms with Crippen LogP contribution in [0.2, 0.25) is 0 Å². The van der Waals surface area contributed by atoms with Gasteiger partial charge in [0.2, 0.25) is 0 Å². The Labute approximate surface area is 183 Å². The number of hydrogen-bond acceptors (Lipinski definition) is 3. The van der Waals surface area contributed by atoms with Gasteiger partial charge in [-0.2, -0.15) is 0 Å². The second-order valence-electron chi connectivity index (χ2n) is 8.30. The van der Waals surface area contributed by atoms with Gasteiger partial charge in [-0.3, -0.25) is 0 Å². The smallest absolute Gasteiger partial charge is 0.115 e. The lowest BCUT2D eigenvalue weighted by atomic mass is 9.86. The number of piperidine rings is 1. The highest BCUT2D eigenvalue weighted by molar-refractivity contribution is 5.82. The van der Waals surface area contributed by atoms with Crippen molar-refractivity contribution in [1.29, 1.82) is 0 Å². The van der Waals surface area contributed by atoms with Gasteiger partial charge in [0, 0.05) is 12.5 Å². The van der Waals surface area contributed by atoms with E-state index in [2.05, 4.69) is 72.0 Å². The highest BCUT2D eigenvalue weighted by Gasteiger charge is 2.27. The molecule has 1 heterocycles. The summed E-state index contributed by atoms with van der Waals surface area (Å²) in [6.45, 7) is 2.48. The highest BCUT2D eigenvalue weighted by Crippen LogP contribution is 2.32. The third-order valence-corrected chi connectivity index (χ3v) is 6.22. The molecule has 156 valence electrons. The number of nitrogens with one attached hydrogen (secondary N) is 1. The molecular formula is C28H27NO2. The summed E-state index contributed by atoms with van der Waals surface area (Å²) < 4.78 is 6.45. The molecule has 4 aromatic rings. The molecule has 3 nitrogen and oxygen atoms in total. The quantitative estimate of drug-likeness (QED) is 0.433. The molecule has 4 aromatic carbocycles. The van der Waals surface area contributed by atoms with E-state index in [1.807, 2.05) is 12.1 Å². The predicted octanol–water partition coefficient (Wildman–Crippen LogP) is 5.87. The Bertz CT molecular complexity index is 1170. The van der Waals surface area contributed by atoms with Gasteiger partial charge in [-0.15, -0.1) is 0 Å². The minimum atomic E-state index is 0.135. The first-order valence-electron chi connectivity index (χ1n) is 11.0. The highest BCUT2D eigenvalue weighted by atomic mass is 16.5. The Morgan fingerprint density at radius 2 is 1.65 bits per heavy atom. The van der Waals surface area contributed by atoms with Crippen LogP contribution in [-0.2, 0) is 11.3 Å². The normalized spacial score (nSPS) is 18.8. The van der Waals surface area contributed by atoms with Crippen LogP contribution in [-0.4, -0.2) is 24.3 Å². The van der Waals surface area contributed by atoms with Crippen molar-refractivity contribution in [3.8, 4) is 16.9 Å². The fraction of sp³-hybridized carbons (Fsp3) is 0.214. The molecule has 0 aliphatic carbocycles. The van der Waals surface area contributed by atoms with Crippen LogP contribution < -0.4 is 5.32 Å². The summed E-state index contributed by atoms with van der Waals surface area (Å²) in [6.07, 6.45) is 1.19. The summed E-state index contributed by atoms with van der Waals surface area (Å²) >= 11 is 0. The van der Waals surface area contributed by atoms with Crippen molar-refractivity contribution < 1.29 is 9.84 Å². The largest absolute Gasteiger partial charge is 0.508 e. The minimum absolute atomic E-state index is 0.135. The van der Waals surface area contributed by atoms with E-state index >= 15 is 0 Å². The van der Waals surface area contributed by atoms with Crippen molar-refractivity contribution in [2.45, 2.75) is 25.0 Å². The number of fused-ring (bicyclic) bond motifs is 1. The molecule has 1 aliphatic heterocycles. The summed E-state index contributed by atoms with van der Waals surface area (Å²) in [5.74, 6) is 0.652. The zero-order valence-electron chi connectivity index (χ0n) is 17.5. The molecule has 1 fully saturated rings. The Morgan fingerprint density at radius 1 is 0.806 bits per heavy atom. The van der Waals surface area contributed by atoms with Crippen LogP contribution in [0.4, 0.5) is 0 Å². The van der Waals surface area contributed by atoms with Crippen LogP contribution in [0.3, 0.4) is 0 Å². The van der Waals surface area contributed by atoms with Gasteiger partial charge < -0.3 is 15.2 Å². The summed E-state index contributed by atoms with van der Waals surface area (Å²) in [4.78, 5) is 0. The van der Waals surface area contributed by atoms with E-state index in [0.717, 1.165) is 25.1 Å². The van der Waals surface area contributed by atoms with Crippen LogP contribution >= 0.6 is 0 Å². The van der Waals surface area contributed by atoms with Crippen molar-refractivity contribution in [1.82, 2.24) is 5.32 Å². The first-order chi connectivity index (χ1) is 15.3. The SMILES string of the molecule is Oc1ccc(-c2cccc(C3CCNCC3OCc3ccc4ccccc4c3)c2)cc1. The molecule has 0 bridgehead atoms. The van der Waals surface area contributed by atoms with E-state index in [0.29, 0.717) is 18.3 Å². The third kappa shape index (κ3) is 4.48. The molecular weight excluding hydrogens is 382 g/mol. The molecule has 3 heteroatoms. The average Bonchev–Trinajstić information content (AvgIpc) is 2.83. The summed E-state index contributed by atoms with van der Waals surface area (Å²) in [6, 6.07) is 31.2. The van der Waals surface area contributed by atoms with Crippen LogP contribution in [0.1, 0.15) is 23.5 Å². The van der Waals surface area contributed by atoms with Crippen molar-refractivity contribution >= 4 is 10.8 Å². The number of phenols is 1. The zero-order chi connectivity index (χ0) is 21.0. The molecule has 1 aliphatic rings. The second kappa shape index (κ2) is 8.93. The molecule has 2 N–H and O–H groups in total. The lowest BCUT2D eigenvalue weighted by molar-refractivity contribution is 0.0107. The van der Waals surface area contributed by atoms with E-state index in [1.165, 1.54) is 27.5 Å². The molecule has 2 unspecified atom stereocenters. The first-order valence-corrected chi connectivity index (χ1v) is 11.0. The summed E-state index contributed by atoms with van der Waals surface area (Å²) in [7, 11) is 0. The molecule has 0 saturated carbocycles. The Kier molecular flexibility index (Phi) is 5.70. The van der Waals surface area contributed by atoms with Gasteiger partial charge in [-0.25, -0.2) is 0 Å². The Morgan fingerprint density at radius 3 is 2.52 bits per heavy atom. The van der Waals surface area contributed by atoms with Crippen molar-refractivity contribution in [2.24, 2.45) is 0 Å². The molecule has 1 saturated heterocycles. The number of rotatable bonds is 5. The summed E-state index contributed by atoms with van der Waals surface area (Å²) in [5, 5.41) is 15.6. The third-order valence-electron chi connectivity index (χ3n) is 6.22. The minimum Gasteiger partial charge on any atom is -0.508 e. The van der Waals surface area contributed by atoms with Crippen LogP contribution in [0.15, 0.2) is 91.0 Å². The standard InChI is InChI=1S/C28H27NO2/c30-26-12-10-22(11-13-26)24-6-3-7-25(17-24)27-14-15-29-18-28(27)31-19-20-8-9-21-4-1-2-5-23(21)16-20/h1-13,16-17,27-30H,14-15,18-19H2. The van der Waals surface area contributed by atoms with Crippen LogP contribution in [0.5, 0.6) is 5.75 Å². The van der Waals surface area contributed by atoms with Crippen LogP contribution in [0.25, 0.3) is 21.9 Å². The zero-order valence-corrected chi connectivity index (χ0v) is 17.5. The van der Waals surface area contributed by atoms with Gasteiger partial charge in [0.1, 0.15) is 5.75 Å². The fourth-order valence-electron chi connectivity index (χ4n) is 4.52. The van der Waals surface area contributed by atoms with Gasteiger partial charge in [0.15, 0.2) is 0 Å². The Hall–Kier alpha value is -3.14. The van der Waals surface area contributed by atoms with E-state index in [1.54, 1.807) is 12.1 Å². The maximum atomic E-state index is 9.58. The lowest BCUT2D eigenvalue weighted by Gasteiger charge is -2.33. The molecule has 31 heavy (non-hydrogen) atoms. The number of benzene rings is 4.